The largest absolute Gasteiger partial charge is 0.460 e. The van der Waals surface area contributed by atoms with Crippen molar-refractivity contribution in [2.45, 2.75) is 18.9 Å². The Kier molecular flexibility index (Phi) is 5.37. The highest BCUT2D eigenvalue weighted by Gasteiger charge is 2.24. The van der Waals surface area contributed by atoms with Crippen LogP contribution in [0, 0.1) is 0 Å². The molecule has 1 aromatic heterocycles. The van der Waals surface area contributed by atoms with E-state index in [-0.39, 0.29) is 12.1 Å². The van der Waals surface area contributed by atoms with Gasteiger partial charge in [0.05, 0.1) is 10.0 Å². The first-order valence-corrected chi connectivity index (χ1v) is 8.32. The van der Waals surface area contributed by atoms with Crippen LogP contribution in [0.15, 0.2) is 36.7 Å². The predicted molar refractivity (Wildman–Crippen MR) is 92.7 cm³/mol. The summed E-state index contributed by atoms with van der Waals surface area (Å²) in [5.74, 6) is 0. The Morgan fingerprint density at radius 1 is 1.17 bits per heavy atom. The number of halogens is 2. The fourth-order valence-electron chi connectivity index (χ4n) is 2.45. The molecule has 8 heteroatoms. The van der Waals surface area contributed by atoms with E-state index in [1.54, 1.807) is 41.6 Å². The lowest BCUT2D eigenvalue weighted by Gasteiger charge is -2.31. The molecule has 0 unspecified atom stereocenters. The summed E-state index contributed by atoms with van der Waals surface area (Å²) >= 11 is 11.8. The third-order valence-electron chi connectivity index (χ3n) is 3.71. The van der Waals surface area contributed by atoms with Crippen LogP contribution in [0.2, 0.25) is 10.0 Å². The molecule has 0 saturated carbocycles. The topological polar surface area (TPSA) is 67.4 Å². The zero-order valence-electron chi connectivity index (χ0n) is 12.8. The second-order valence-corrected chi connectivity index (χ2v) is 6.21. The minimum absolute atomic E-state index is 0.0152. The van der Waals surface area contributed by atoms with E-state index in [1.807, 2.05) is 0 Å². The highest BCUT2D eigenvalue weighted by atomic mass is 35.5. The third kappa shape index (κ3) is 4.27. The van der Waals surface area contributed by atoms with Crippen molar-refractivity contribution in [3.63, 3.8) is 0 Å². The Morgan fingerprint density at radius 2 is 1.88 bits per heavy atom. The summed E-state index contributed by atoms with van der Waals surface area (Å²) in [5.41, 5.74) is 0.616. The molecule has 126 valence electrons. The summed E-state index contributed by atoms with van der Waals surface area (Å²) in [6, 6.07) is 6.94. The number of amides is 2. The van der Waals surface area contributed by atoms with Crippen molar-refractivity contribution in [1.29, 1.82) is 0 Å². The number of likely N-dealkylation sites (tertiary alicyclic amines) is 1. The highest BCUT2D eigenvalue weighted by Crippen LogP contribution is 2.25. The van der Waals surface area contributed by atoms with Crippen LogP contribution in [-0.4, -0.2) is 40.1 Å². The number of benzene rings is 1. The van der Waals surface area contributed by atoms with E-state index in [9.17, 15) is 4.79 Å². The van der Waals surface area contributed by atoms with Crippen molar-refractivity contribution in [1.82, 2.24) is 14.9 Å². The van der Waals surface area contributed by atoms with E-state index in [1.165, 1.54) is 0 Å². The molecule has 3 rings (SSSR count). The van der Waals surface area contributed by atoms with Gasteiger partial charge in [-0.05, 0) is 24.3 Å². The van der Waals surface area contributed by atoms with Gasteiger partial charge in [-0.25, -0.2) is 14.8 Å². The van der Waals surface area contributed by atoms with Gasteiger partial charge in [0.15, 0.2) is 0 Å². The molecule has 0 radical (unpaired) electrons. The molecule has 0 bridgehead atoms. The molecule has 24 heavy (non-hydrogen) atoms. The highest BCUT2D eigenvalue weighted by molar-refractivity contribution is 6.42. The minimum atomic E-state index is -0.164. The van der Waals surface area contributed by atoms with Crippen molar-refractivity contribution in [3.05, 3.63) is 46.7 Å². The summed E-state index contributed by atoms with van der Waals surface area (Å²) in [6.45, 7) is 1.20. The predicted octanol–water partition coefficient (Wildman–Crippen LogP) is 3.86. The van der Waals surface area contributed by atoms with E-state index in [2.05, 4.69) is 15.3 Å². The van der Waals surface area contributed by atoms with Crippen molar-refractivity contribution >= 4 is 34.9 Å². The van der Waals surface area contributed by atoms with Crippen molar-refractivity contribution in [2.75, 3.05) is 18.4 Å². The third-order valence-corrected chi connectivity index (χ3v) is 4.45. The van der Waals surface area contributed by atoms with E-state index in [0.717, 1.165) is 12.8 Å². The van der Waals surface area contributed by atoms with Gasteiger partial charge < -0.3 is 15.0 Å². The molecule has 0 atom stereocenters. The molecule has 6 nitrogen and oxygen atoms in total. The Labute approximate surface area is 149 Å². The molecule has 1 aliphatic heterocycles. The second-order valence-electron chi connectivity index (χ2n) is 5.39. The standard InChI is InChI=1S/C16H16Cl2N4O2/c17-13-3-2-11(10-14(13)18)21-16(23)22-8-4-12(5-9-22)24-15-19-6-1-7-20-15/h1-3,6-7,10,12H,4-5,8-9H2,(H,21,23). The smallest absolute Gasteiger partial charge is 0.321 e. The maximum absolute atomic E-state index is 12.3. The molecule has 1 aliphatic rings. The number of nitrogens with one attached hydrogen (secondary N) is 1. The van der Waals surface area contributed by atoms with Gasteiger partial charge in [0, 0.05) is 44.0 Å². The Bertz CT molecular complexity index is 706. The fourth-order valence-corrected chi connectivity index (χ4v) is 2.75. The number of piperidine rings is 1. The molecular weight excluding hydrogens is 351 g/mol. The van der Waals surface area contributed by atoms with Crippen LogP contribution in [0.1, 0.15) is 12.8 Å². The molecule has 2 heterocycles. The van der Waals surface area contributed by atoms with Crippen molar-refractivity contribution < 1.29 is 9.53 Å². The van der Waals surface area contributed by atoms with Gasteiger partial charge in [0.25, 0.3) is 0 Å². The monoisotopic (exact) mass is 366 g/mol. The van der Waals surface area contributed by atoms with Crippen molar-refractivity contribution in [3.8, 4) is 6.01 Å². The summed E-state index contributed by atoms with van der Waals surface area (Å²) in [5, 5.41) is 3.68. The molecule has 2 amide bonds. The summed E-state index contributed by atoms with van der Waals surface area (Å²) < 4.78 is 5.72. The molecule has 0 spiro atoms. The molecule has 1 aromatic carbocycles. The normalized spacial score (nSPS) is 15.2. The molecule has 1 N–H and O–H groups in total. The average Bonchev–Trinajstić information content (AvgIpc) is 2.60. The number of aromatic nitrogens is 2. The summed E-state index contributed by atoms with van der Waals surface area (Å²) in [4.78, 5) is 22.1. The van der Waals surface area contributed by atoms with Crippen LogP contribution in [-0.2, 0) is 0 Å². The fraction of sp³-hybridized carbons (Fsp3) is 0.312. The van der Waals surface area contributed by atoms with Gasteiger partial charge in [-0.1, -0.05) is 23.2 Å². The molecule has 1 saturated heterocycles. The van der Waals surface area contributed by atoms with Crippen molar-refractivity contribution in [2.24, 2.45) is 0 Å². The van der Waals surface area contributed by atoms with Gasteiger partial charge in [0.1, 0.15) is 6.10 Å². The van der Waals surface area contributed by atoms with Gasteiger partial charge >= 0.3 is 12.0 Å². The Morgan fingerprint density at radius 3 is 2.54 bits per heavy atom. The zero-order valence-corrected chi connectivity index (χ0v) is 14.3. The molecule has 0 aliphatic carbocycles. The first kappa shape index (κ1) is 16.8. The second kappa shape index (κ2) is 7.68. The Hall–Kier alpha value is -2.05. The van der Waals surface area contributed by atoms with E-state index < -0.39 is 0 Å². The average molecular weight is 367 g/mol. The number of urea groups is 1. The number of anilines is 1. The maximum Gasteiger partial charge on any atom is 0.321 e. The van der Waals surface area contributed by atoms with E-state index in [0.29, 0.717) is 34.8 Å². The lowest BCUT2D eigenvalue weighted by molar-refractivity contribution is 0.107. The van der Waals surface area contributed by atoms with Crippen LogP contribution in [0.3, 0.4) is 0 Å². The maximum atomic E-state index is 12.3. The quantitative estimate of drug-likeness (QED) is 0.895. The molecular formula is C16H16Cl2N4O2. The minimum Gasteiger partial charge on any atom is -0.460 e. The van der Waals surface area contributed by atoms with Crippen LogP contribution in [0.5, 0.6) is 6.01 Å². The number of carbonyl (C=O) groups is 1. The zero-order chi connectivity index (χ0) is 16.9. The van der Waals surface area contributed by atoms with Gasteiger partial charge in [0.2, 0.25) is 0 Å². The van der Waals surface area contributed by atoms with Crippen LogP contribution in [0.4, 0.5) is 10.5 Å². The summed E-state index contributed by atoms with van der Waals surface area (Å²) in [6.07, 6.45) is 4.76. The van der Waals surface area contributed by atoms with Gasteiger partial charge in [-0.15, -0.1) is 0 Å². The Balaban J connectivity index is 1.50. The van der Waals surface area contributed by atoms with E-state index in [4.69, 9.17) is 27.9 Å². The van der Waals surface area contributed by atoms with Crippen LogP contribution < -0.4 is 10.1 Å². The number of rotatable bonds is 3. The van der Waals surface area contributed by atoms with E-state index >= 15 is 0 Å². The molecule has 1 fully saturated rings. The first-order valence-electron chi connectivity index (χ1n) is 7.56. The number of ether oxygens (including phenoxy) is 1. The van der Waals surface area contributed by atoms with Crippen LogP contribution >= 0.6 is 23.2 Å². The number of hydrogen-bond acceptors (Lipinski definition) is 4. The number of nitrogens with zero attached hydrogens (tertiary/aromatic N) is 3. The van der Waals surface area contributed by atoms with Crippen LogP contribution in [0.25, 0.3) is 0 Å². The van der Waals surface area contributed by atoms with Gasteiger partial charge in [-0.3, -0.25) is 0 Å². The lowest BCUT2D eigenvalue weighted by Crippen LogP contribution is -2.43. The van der Waals surface area contributed by atoms with Gasteiger partial charge in [-0.2, -0.15) is 0 Å². The lowest BCUT2D eigenvalue weighted by atomic mass is 10.1. The first-order chi connectivity index (χ1) is 11.6. The molecule has 2 aromatic rings. The SMILES string of the molecule is O=C(Nc1ccc(Cl)c(Cl)c1)N1CCC(Oc2ncccn2)CC1. The summed E-state index contributed by atoms with van der Waals surface area (Å²) in [7, 11) is 0. The number of carbonyl (C=O) groups excluding carboxylic acids is 1. The number of hydrogen-bond donors (Lipinski definition) is 1.